The van der Waals surface area contributed by atoms with E-state index in [0.29, 0.717) is 0 Å². The fourth-order valence-corrected chi connectivity index (χ4v) is 5.99. The van der Waals surface area contributed by atoms with Gasteiger partial charge in [0.2, 0.25) is 11.7 Å². The summed E-state index contributed by atoms with van der Waals surface area (Å²) in [5.74, 6) is -8.32. The highest BCUT2D eigenvalue weighted by Gasteiger charge is 2.39. The fraction of sp³-hybridized carbons (Fsp3) is 0.471. The maximum absolute atomic E-state index is 13.7. The lowest BCUT2D eigenvalue weighted by Crippen LogP contribution is -2.45. The predicted molar refractivity (Wildman–Crippen MR) is 166 cm³/mol. The summed E-state index contributed by atoms with van der Waals surface area (Å²) in [5, 5.41) is 68.1. The van der Waals surface area contributed by atoms with E-state index in [1.54, 1.807) is 40.7 Å². The predicted octanol–water partition coefficient (Wildman–Crippen LogP) is 2.66. The number of allylic oxidation sites excluding steroid dienone is 5. The van der Waals surface area contributed by atoms with Crippen LogP contribution in [-0.2, 0) is 4.79 Å². The molecule has 1 aromatic carbocycles. The Kier molecular flexibility index (Phi) is 11.1. The van der Waals surface area contributed by atoms with E-state index in [9.17, 15) is 49.8 Å². The number of nitrogens with one attached hydrogen (secondary N) is 1. The zero-order valence-corrected chi connectivity index (χ0v) is 26.5. The molecule has 1 amide bonds. The molecule has 0 saturated heterocycles. The van der Waals surface area contributed by atoms with E-state index in [0.717, 1.165) is 12.2 Å². The van der Waals surface area contributed by atoms with Crippen LogP contribution in [0.5, 0.6) is 11.5 Å². The molecule has 45 heavy (non-hydrogen) atoms. The van der Waals surface area contributed by atoms with Crippen LogP contribution in [0.3, 0.4) is 0 Å². The molecule has 1 aliphatic carbocycles. The van der Waals surface area contributed by atoms with Crippen molar-refractivity contribution in [2.75, 3.05) is 0 Å². The Morgan fingerprint density at radius 2 is 1.13 bits per heavy atom. The first-order valence-corrected chi connectivity index (χ1v) is 14.9. The minimum Gasteiger partial charge on any atom is -0.507 e. The molecule has 11 heteroatoms. The molecule has 0 radical (unpaired) electrons. The number of rotatable bonds is 0. The highest BCUT2D eigenvalue weighted by Crippen LogP contribution is 2.41. The molecule has 4 bridgehead atoms. The van der Waals surface area contributed by atoms with Gasteiger partial charge in [0.25, 0.3) is 0 Å². The first-order chi connectivity index (χ1) is 20.9. The van der Waals surface area contributed by atoms with Crippen LogP contribution in [0.1, 0.15) is 78.2 Å². The first-order valence-electron chi connectivity index (χ1n) is 14.9. The lowest BCUT2D eigenvalue weighted by atomic mass is 9.77. The Morgan fingerprint density at radius 1 is 0.644 bits per heavy atom. The summed E-state index contributed by atoms with van der Waals surface area (Å²) in [5.41, 5.74) is -2.23. The number of aromatic hydroxyl groups is 2. The Balaban J connectivity index is 2.17. The van der Waals surface area contributed by atoms with E-state index >= 15 is 0 Å². The second-order valence-corrected chi connectivity index (χ2v) is 12.4. The average molecular weight is 626 g/mol. The van der Waals surface area contributed by atoms with Gasteiger partial charge in [0.1, 0.15) is 11.5 Å². The summed E-state index contributed by atoms with van der Waals surface area (Å²) in [6, 6.07) is 0. The zero-order valence-electron chi connectivity index (χ0n) is 26.5. The Hall–Kier alpha value is -3.90. The summed E-state index contributed by atoms with van der Waals surface area (Å²) >= 11 is 0. The molecule has 1 aromatic rings. The summed E-state index contributed by atoms with van der Waals surface area (Å²) in [6.07, 6.45) is 3.16. The van der Waals surface area contributed by atoms with Gasteiger partial charge in [-0.25, -0.2) is 0 Å². The highest BCUT2D eigenvalue weighted by atomic mass is 16.3. The van der Waals surface area contributed by atoms with Gasteiger partial charge in [0, 0.05) is 47.3 Å². The Labute approximate surface area is 262 Å². The minimum atomic E-state index is -1.20. The SMILES string of the molecule is C/C1=C/[C@@H](C)[C@H](O)[C@@H](C)[C@@H](O)[C@H](C)[C@H](O)[C@H](C)[C@@H](O)[C@@H](C)/C=C\C=C/C(=O)NC2=CC(=O)c3c(c(O)c(C)c(O)c3C1=O)C2=O. The Morgan fingerprint density at radius 3 is 1.69 bits per heavy atom. The van der Waals surface area contributed by atoms with E-state index < -0.39 is 111 Å². The van der Waals surface area contributed by atoms with E-state index in [-0.39, 0.29) is 11.1 Å². The lowest BCUT2D eigenvalue weighted by molar-refractivity contribution is -0.115. The molecule has 244 valence electrons. The third kappa shape index (κ3) is 7.01. The number of amides is 1. The van der Waals surface area contributed by atoms with Crippen molar-refractivity contribution < 1.29 is 49.8 Å². The quantitative estimate of drug-likeness (QED) is 0.225. The second-order valence-electron chi connectivity index (χ2n) is 12.4. The fourth-order valence-electron chi connectivity index (χ4n) is 5.99. The molecule has 0 aromatic heterocycles. The van der Waals surface area contributed by atoms with Gasteiger partial charge in [-0.2, -0.15) is 0 Å². The van der Waals surface area contributed by atoms with E-state index in [1.807, 2.05) is 0 Å². The number of hydrogen-bond acceptors (Lipinski definition) is 10. The van der Waals surface area contributed by atoms with E-state index in [2.05, 4.69) is 5.32 Å². The molecule has 9 atom stereocenters. The monoisotopic (exact) mass is 625 g/mol. The van der Waals surface area contributed by atoms with Crippen LogP contribution >= 0.6 is 0 Å². The summed E-state index contributed by atoms with van der Waals surface area (Å²) < 4.78 is 0. The van der Waals surface area contributed by atoms with Gasteiger partial charge in [-0.15, -0.1) is 0 Å². The van der Waals surface area contributed by atoms with Crippen LogP contribution < -0.4 is 5.32 Å². The number of benzene rings is 1. The topological polar surface area (TPSA) is 202 Å². The van der Waals surface area contributed by atoms with Crippen LogP contribution in [-0.4, -0.2) is 78.3 Å². The van der Waals surface area contributed by atoms with Gasteiger partial charge in [-0.1, -0.05) is 58.9 Å². The number of Topliss-reactive ketones (excluding diaryl/α,β-unsaturated/α-hetero) is 2. The number of aliphatic hydroxyl groups excluding tert-OH is 4. The number of ketones is 3. The highest BCUT2D eigenvalue weighted by molar-refractivity contribution is 6.31. The first kappa shape index (κ1) is 35.6. The van der Waals surface area contributed by atoms with Crippen molar-refractivity contribution in [1.29, 1.82) is 0 Å². The van der Waals surface area contributed by atoms with Crippen molar-refractivity contribution >= 4 is 23.3 Å². The summed E-state index contributed by atoms with van der Waals surface area (Å²) in [6.45, 7) is 10.8. The number of hydrogen-bond donors (Lipinski definition) is 7. The standard InChI is InChI=1S/C34H43NO10/c1-14-10-8-9-11-23(37)35-21-13-22(36)24-25(32(43)20(7)33(44)26(24)34(21)45)29(40)16(3)12-15(2)28(39)18(5)31(42)19(6)30(41)17(4)27(14)38/h8-15,17-19,27-28,30-31,38-39,41-44H,1-7H3,(H,35,37)/b10-8-,11-9-,16-12-/t14-,15+,17+,18+,19+,27-,28-,30+,31+/m0/s1. The van der Waals surface area contributed by atoms with Gasteiger partial charge < -0.3 is 36.0 Å². The van der Waals surface area contributed by atoms with Crippen LogP contribution in [0.15, 0.2) is 47.7 Å². The number of carbonyl (C=O) groups is 4. The van der Waals surface area contributed by atoms with Crippen molar-refractivity contribution in [3.8, 4) is 11.5 Å². The average Bonchev–Trinajstić information content (AvgIpc) is 3.00. The molecule has 3 aliphatic rings. The lowest BCUT2D eigenvalue weighted by Gasteiger charge is -2.36. The summed E-state index contributed by atoms with van der Waals surface area (Å²) in [4.78, 5) is 53.0. The normalized spacial score (nSPS) is 34.9. The smallest absolute Gasteiger partial charge is 0.248 e. The minimum absolute atomic E-state index is 0.00371. The number of phenolic OH excluding ortho intramolecular Hbond substituents is 2. The van der Waals surface area contributed by atoms with Crippen molar-refractivity contribution in [2.45, 2.75) is 72.9 Å². The Bertz CT molecular complexity index is 1500. The van der Waals surface area contributed by atoms with Gasteiger partial charge in [0.15, 0.2) is 11.6 Å². The molecular weight excluding hydrogens is 582 g/mol. The molecule has 0 fully saturated rings. The zero-order chi connectivity index (χ0) is 34.1. The number of carbonyl (C=O) groups excluding carboxylic acids is 4. The molecule has 11 nitrogen and oxygen atoms in total. The maximum atomic E-state index is 13.7. The van der Waals surface area contributed by atoms with Crippen LogP contribution in [0.25, 0.3) is 0 Å². The molecule has 0 spiro atoms. The van der Waals surface area contributed by atoms with Gasteiger partial charge >= 0.3 is 0 Å². The number of phenols is 2. The summed E-state index contributed by atoms with van der Waals surface area (Å²) in [7, 11) is 0. The third-order valence-electron chi connectivity index (χ3n) is 9.12. The number of aliphatic hydroxyl groups is 4. The van der Waals surface area contributed by atoms with Gasteiger partial charge in [0.05, 0.1) is 46.8 Å². The second kappa shape index (κ2) is 14.0. The van der Waals surface area contributed by atoms with Gasteiger partial charge in [-0.3, -0.25) is 19.2 Å². The molecular formula is C34H43NO10. The van der Waals surface area contributed by atoms with E-state index in [1.165, 1.54) is 32.1 Å². The molecule has 4 rings (SSSR count). The maximum Gasteiger partial charge on any atom is 0.248 e. The van der Waals surface area contributed by atoms with Crippen LogP contribution in [0, 0.1) is 36.5 Å². The van der Waals surface area contributed by atoms with Crippen molar-refractivity contribution in [3.05, 3.63) is 70.0 Å². The van der Waals surface area contributed by atoms with Gasteiger partial charge in [-0.05, 0) is 19.4 Å². The third-order valence-corrected chi connectivity index (χ3v) is 9.12. The van der Waals surface area contributed by atoms with Crippen molar-refractivity contribution in [3.63, 3.8) is 0 Å². The number of fused-ring (bicyclic) bond motifs is 15. The van der Waals surface area contributed by atoms with Crippen LogP contribution in [0.4, 0.5) is 0 Å². The largest absolute Gasteiger partial charge is 0.507 e. The van der Waals surface area contributed by atoms with Crippen molar-refractivity contribution in [2.24, 2.45) is 29.6 Å². The molecule has 0 unspecified atom stereocenters. The molecule has 0 saturated carbocycles. The van der Waals surface area contributed by atoms with E-state index in [4.69, 9.17) is 0 Å². The molecule has 2 aliphatic heterocycles. The molecule has 7 N–H and O–H groups in total. The van der Waals surface area contributed by atoms with Crippen molar-refractivity contribution in [1.82, 2.24) is 5.32 Å². The van der Waals surface area contributed by atoms with Crippen LogP contribution in [0.2, 0.25) is 0 Å². The molecule has 2 heterocycles.